The van der Waals surface area contributed by atoms with Gasteiger partial charge in [0.25, 0.3) is 5.56 Å². The van der Waals surface area contributed by atoms with Gasteiger partial charge in [0.05, 0.1) is 42.2 Å². The highest BCUT2D eigenvalue weighted by atomic mass is 32.2. The summed E-state index contributed by atoms with van der Waals surface area (Å²) in [5, 5.41) is 7.12. The molecular formula is C16H18N4O4S. The third-order valence-corrected chi connectivity index (χ3v) is 6.31. The molecule has 9 heteroatoms. The maximum Gasteiger partial charge on any atom is 0.288 e. The van der Waals surface area contributed by atoms with Crippen LogP contribution in [0.4, 0.5) is 11.4 Å². The van der Waals surface area contributed by atoms with Gasteiger partial charge in [0.15, 0.2) is 4.90 Å². The predicted octanol–water partition coefficient (Wildman–Crippen LogP) is 0.465. The molecule has 0 aliphatic carbocycles. The van der Waals surface area contributed by atoms with Crippen molar-refractivity contribution >= 4 is 21.2 Å². The van der Waals surface area contributed by atoms with Gasteiger partial charge < -0.3 is 10.1 Å². The van der Waals surface area contributed by atoms with Gasteiger partial charge >= 0.3 is 0 Å². The van der Waals surface area contributed by atoms with Crippen LogP contribution < -0.4 is 10.9 Å². The molecule has 0 radical (unpaired) electrons. The Morgan fingerprint density at radius 1 is 1.12 bits per heavy atom. The highest BCUT2D eigenvalue weighted by Gasteiger charge is 2.33. The van der Waals surface area contributed by atoms with Crippen LogP contribution in [-0.2, 0) is 21.1 Å². The summed E-state index contributed by atoms with van der Waals surface area (Å²) >= 11 is 0. The molecule has 0 spiro atoms. The second-order valence-corrected chi connectivity index (χ2v) is 7.85. The van der Waals surface area contributed by atoms with Crippen LogP contribution in [0, 0.1) is 0 Å². The first-order valence-corrected chi connectivity index (χ1v) is 9.57. The topological polar surface area (TPSA) is 93.5 Å². The van der Waals surface area contributed by atoms with Crippen molar-refractivity contribution in [3.63, 3.8) is 0 Å². The molecule has 8 nitrogen and oxygen atoms in total. The Morgan fingerprint density at radius 3 is 2.68 bits per heavy atom. The summed E-state index contributed by atoms with van der Waals surface area (Å²) in [6.45, 7) is 3.89. The van der Waals surface area contributed by atoms with Crippen LogP contribution in [0.25, 0.3) is 0 Å². The molecule has 0 atom stereocenters. The zero-order chi connectivity index (χ0) is 17.4. The maximum absolute atomic E-state index is 12.9. The van der Waals surface area contributed by atoms with E-state index < -0.39 is 15.4 Å². The number of morpholine rings is 1. The molecule has 0 saturated carbocycles. The molecule has 0 bridgehead atoms. The molecule has 2 aliphatic heterocycles. The van der Waals surface area contributed by atoms with E-state index in [1.54, 1.807) is 18.2 Å². The number of rotatable bonds is 3. The van der Waals surface area contributed by atoms with Crippen LogP contribution >= 0.6 is 0 Å². The average molecular weight is 362 g/mol. The lowest BCUT2D eigenvalue weighted by Gasteiger charge is -2.26. The summed E-state index contributed by atoms with van der Waals surface area (Å²) < 4.78 is 32.3. The molecule has 25 heavy (non-hydrogen) atoms. The lowest BCUT2D eigenvalue weighted by atomic mass is 10.3. The maximum atomic E-state index is 12.9. The van der Waals surface area contributed by atoms with Crippen molar-refractivity contribution in [2.24, 2.45) is 0 Å². The van der Waals surface area contributed by atoms with E-state index in [0.717, 1.165) is 13.1 Å². The molecule has 2 aromatic rings. The van der Waals surface area contributed by atoms with Crippen LogP contribution in [0.5, 0.6) is 0 Å². The number of sulfone groups is 1. The number of hydrogen-bond acceptors (Lipinski definition) is 7. The molecule has 1 aromatic heterocycles. The fraction of sp³-hybridized carbons (Fsp3) is 0.375. The van der Waals surface area contributed by atoms with Crippen LogP contribution in [-0.4, -0.2) is 55.9 Å². The zero-order valence-electron chi connectivity index (χ0n) is 13.5. The van der Waals surface area contributed by atoms with Crippen molar-refractivity contribution in [2.75, 3.05) is 38.2 Å². The van der Waals surface area contributed by atoms with E-state index in [9.17, 15) is 13.2 Å². The fourth-order valence-corrected chi connectivity index (χ4v) is 4.71. The van der Waals surface area contributed by atoms with Crippen molar-refractivity contribution in [2.45, 2.75) is 16.3 Å². The van der Waals surface area contributed by atoms with Gasteiger partial charge in [-0.15, -0.1) is 0 Å². The summed E-state index contributed by atoms with van der Waals surface area (Å²) in [6, 6.07) is 6.54. The van der Waals surface area contributed by atoms with Gasteiger partial charge in [0.1, 0.15) is 0 Å². The van der Waals surface area contributed by atoms with Crippen molar-refractivity contribution in [1.29, 1.82) is 0 Å². The number of ether oxygens (including phenoxy) is 1. The quantitative estimate of drug-likeness (QED) is 0.724. The van der Waals surface area contributed by atoms with E-state index in [0.29, 0.717) is 32.0 Å². The van der Waals surface area contributed by atoms with E-state index in [1.807, 2.05) is 0 Å². The molecule has 1 saturated heterocycles. The Kier molecular flexibility index (Phi) is 4.06. The van der Waals surface area contributed by atoms with E-state index in [1.165, 1.54) is 16.9 Å². The standard InChI is InChI=1S/C16H18N4O4S/c21-16-15-13(18-12-3-1-2-4-14(12)25(15,22)23)11-17-20(16)6-5-19-7-9-24-10-8-19/h1-4,11,18H,5-10H2. The van der Waals surface area contributed by atoms with Gasteiger partial charge in [-0.05, 0) is 12.1 Å². The van der Waals surface area contributed by atoms with E-state index in [-0.39, 0.29) is 15.5 Å². The van der Waals surface area contributed by atoms with Crippen LogP contribution in [0.2, 0.25) is 0 Å². The summed E-state index contributed by atoms with van der Waals surface area (Å²) in [4.78, 5) is 14.8. The first kappa shape index (κ1) is 16.2. The molecule has 0 unspecified atom stereocenters. The fourth-order valence-electron chi connectivity index (χ4n) is 3.10. The Balaban J connectivity index is 1.68. The first-order chi connectivity index (χ1) is 12.1. The number of aromatic nitrogens is 2. The number of anilines is 2. The third-order valence-electron chi connectivity index (χ3n) is 4.45. The third kappa shape index (κ3) is 2.84. The molecule has 0 amide bonds. The normalized spacial score (nSPS) is 18.9. The minimum absolute atomic E-state index is 0.116. The number of nitrogens with one attached hydrogen (secondary N) is 1. The van der Waals surface area contributed by atoms with Crippen LogP contribution in [0.1, 0.15) is 0 Å². The second kappa shape index (κ2) is 6.25. The number of fused-ring (bicyclic) bond motifs is 2. The van der Waals surface area contributed by atoms with Crippen molar-refractivity contribution in [3.05, 3.63) is 40.8 Å². The second-order valence-electron chi connectivity index (χ2n) is 5.99. The molecule has 3 heterocycles. The minimum atomic E-state index is -3.87. The van der Waals surface area contributed by atoms with Crippen molar-refractivity contribution in [1.82, 2.24) is 14.7 Å². The Hall–Kier alpha value is -2.23. The van der Waals surface area contributed by atoms with Crippen LogP contribution in [0.15, 0.2) is 45.0 Å². The molecule has 1 fully saturated rings. The number of para-hydroxylation sites is 1. The number of hydrogen-bond donors (Lipinski definition) is 1. The molecule has 1 aromatic carbocycles. The van der Waals surface area contributed by atoms with Crippen molar-refractivity contribution in [3.8, 4) is 0 Å². The lowest BCUT2D eigenvalue weighted by molar-refractivity contribution is 0.0357. The summed E-state index contributed by atoms with van der Waals surface area (Å²) in [6.07, 6.45) is 1.41. The lowest BCUT2D eigenvalue weighted by Crippen LogP contribution is -2.40. The first-order valence-electron chi connectivity index (χ1n) is 8.09. The van der Waals surface area contributed by atoms with Gasteiger partial charge in [-0.3, -0.25) is 9.69 Å². The summed E-state index contributed by atoms with van der Waals surface area (Å²) in [5.74, 6) is 0. The largest absolute Gasteiger partial charge is 0.379 e. The van der Waals surface area contributed by atoms with Crippen LogP contribution in [0.3, 0.4) is 0 Å². The predicted molar refractivity (Wildman–Crippen MR) is 90.9 cm³/mol. The SMILES string of the molecule is O=c1c2c(cnn1CCN1CCOCC1)Nc1ccccc1S2(=O)=O. The molecule has 132 valence electrons. The number of benzene rings is 1. The highest BCUT2D eigenvalue weighted by Crippen LogP contribution is 2.36. The van der Waals surface area contributed by atoms with Gasteiger partial charge in [-0.25, -0.2) is 13.1 Å². The monoisotopic (exact) mass is 362 g/mol. The molecule has 1 N–H and O–H groups in total. The van der Waals surface area contributed by atoms with Gasteiger partial charge in [0, 0.05) is 19.6 Å². The average Bonchev–Trinajstić information content (AvgIpc) is 2.62. The molecule has 4 rings (SSSR count). The minimum Gasteiger partial charge on any atom is -0.379 e. The van der Waals surface area contributed by atoms with Gasteiger partial charge in [-0.1, -0.05) is 12.1 Å². The molecule has 2 aliphatic rings. The number of nitrogens with zero attached hydrogens (tertiary/aromatic N) is 3. The smallest absolute Gasteiger partial charge is 0.288 e. The summed E-state index contributed by atoms with van der Waals surface area (Å²) in [5.41, 5.74) is 0.0985. The van der Waals surface area contributed by atoms with Crippen molar-refractivity contribution < 1.29 is 13.2 Å². The van der Waals surface area contributed by atoms with E-state index in [4.69, 9.17) is 4.74 Å². The highest BCUT2D eigenvalue weighted by molar-refractivity contribution is 7.92. The zero-order valence-corrected chi connectivity index (χ0v) is 14.3. The Labute approximate surface area is 144 Å². The molecular weight excluding hydrogens is 344 g/mol. The van der Waals surface area contributed by atoms with E-state index >= 15 is 0 Å². The summed E-state index contributed by atoms with van der Waals surface area (Å²) in [7, 11) is -3.87. The van der Waals surface area contributed by atoms with E-state index in [2.05, 4.69) is 15.3 Å². The Morgan fingerprint density at radius 2 is 1.88 bits per heavy atom. The van der Waals surface area contributed by atoms with Gasteiger partial charge in [0.2, 0.25) is 9.84 Å². The Bertz CT molecular complexity index is 964. The van der Waals surface area contributed by atoms with Gasteiger partial charge in [-0.2, -0.15) is 5.10 Å².